The second-order valence-electron chi connectivity index (χ2n) is 6.93. The standard InChI is InChI=1S/C25H30O4/c1-2-3-4-5-6-7-11-19-29-24(26)18-20-28-23-16-14-22(15-17-23)25(27)21-12-9-8-10-13-21/h8-10,12-18,20H,2-7,11,19H2,1H3. The Bertz CT molecular complexity index is 763. The van der Waals surface area contributed by atoms with Crippen LogP contribution in [0.25, 0.3) is 0 Å². The number of hydrogen-bond acceptors (Lipinski definition) is 4. The van der Waals surface area contributed by atoms with Crippen molar-refractivity contribution < 1.29 is 19.1 Å². The van der Waals surface area contributed by atoms with Crippen molar-refractivity contribution in [2.45, 2.75) is 51.9 Å². The number of carbonyl (C=O) groups excluding carboxylic acids is 2. The number of benzene rings is 2. The van der Waals surface area contributed by atoms with E-state index in [0.717, 1.165) is 12.8 Å². The fourth-order valence-corrected chi connectivity index (χ4v) is 2.89. The first-order valence-corrected chi connectivity index (χ1v) is 10.4. The predicted octanol–water partition coefficient (Wildman–Crippen LogP) is 6.10. The second-order valence-corrected chi connectivity index (χ2v) is 6.93. The van der Waals surface area contributed by atoms with Crippen molar-refractivity contribution >= 4 is 11.8 Å². The molecule has 0 aliphatic rings. The highest BCUT2D eigenvalue weighted by Gasteiger charge is 2.08. The summed E-state index contributed by atoms with van der Waals surface area (Å²) in [6.07, 6.45) is 10.8. The topological polar surface area (TPSA) is 52.6 Å². The van der Waals surface area contributed by atoms with Crippen LogP contribution in [0.2, 0.25) is 0 Å². The SMILES string of the molecule is CCCCCCCCCOC(=O)C=COc1ccc(C(=O)c2ccccc2)cc1. The van der Waals surface area contributed by atoms with Crippen LogP contribution < -0.4 is 4.74 Å². The van der Waals surface area contributed by atoms with E-state index in [4.69, 9.17) is 9.47 Å². The molecule has 2 aromatic carbocycles. The van der Waals surface area contributed by atoms with E-state index < -0.39 is 5.97 Å². The van der Waals surface area contributed by atoms with Gasteiger partial charge >= 0.3 is 5.97 Å². The van der Waals surface area contributed by atoms with E-state index >= 15 is 0 Å². The lowest BCUT2D eigenvalue weighted by atomic mass is 10.0. The third-order valence-corrected chi connectivity index (χ3v) is 4.55. The number of ether oxygens (including phenoxy) is 2. The van der Waals surface area contributed by atoms with E-state index in [9.17, 15) is 9.59 Å². The maximum atomic E-state index is 12.4. The molecule has 0 bridgehead atoms. The average Bonchev–Trinajstić information content (AvgIpc) is 2.76. The van der Waals surface area contributed by atoms with Crippen LogP contribution in [0, 0.1) is 0 Å². The lowest BCUT2D eigenvalue weighted by Crippen LogP contribution is -2.03. The zero-order chi connectivity index (χ0) is 20.7. The molecule has 0 N–H and O–H groups in total. The monoisotopic (exact) mass is 394 g/mol. The van der Waals surface area contributed by atoms with Crippen molar-refractivity contribution in [3.8, 4) is 5.75 Å². The van der Waals surface area contributed by atoms with Crippen LogP contribution in [-0.4, -0.2) is 18.4 Å². The van der Waals surface area contributed by atoms with Crippen LogP contribution >= 0.6 is 0 Å². The Balaban J connectivity index is 1.65. The fourth-order valence-electron chi connectivity index (χ4n) is 2.89. The van der Waals surface area contributed by atoms with Gasteiger partial charge in [-0.15, -0.1) is 0 Å². The summed E-state index contributed by atoms with van der Waals surface area (Å²) >= 11 is 0. The Hall–Kier alpha value is -2.88. The van der Waals surface area contributed by atoms with Gasteiger partial charge in [0.1, 0.15) is 5.75 Å². The molecule has 0 heterocycles. The van der Waals surface area contributed by atoms with Crippen molar-refractivity contribution in [2.75, 3.05) is 6.61 Å². The Morgan fingerprint density at radius 3 is 2.10 bits per heavy atom. The van der Waals surface area contributed by atoms with Crippen molar-refractivity contribution in [2.24, 2.45) is 0 Å². The maximum absolute atomic E-state index is 12.4. The Kier molecular flexibility index (Phi) is 10.3. The van der Waals surface area contributed by atoms with E-state index in [1.54, 1.807) is 36.4 Å². The van der Waals surface area contributed by atoms with Crippen LogP contribution in [0.4, 0.5) is 0 Å². The van der Waals surface area contributed by atoms with Gasteiger partial charge in [0.2, 0.25) is 0 Å². The summed E-state index contributed by atoms with van der Waals surface area (Å²) in [6, 6.07) is 15.9. The van der Waals surface area contributed by atoms with Gasteiger partial charge in [-0.05, 0) is 30.7 Å². The molecular formula is C25H30O4. The van der Waals surface area contributed by atoms with Gasteiger partial charge in [-0.1, -0.05) is 75.8 Å². The zero-order valence-electron chi connectivity index (χ0n) is 17.1. The third-order valence-electron chi connectivity index (χ3n) is 4.55. The molecule has 4 nitrogen and oxygen atoms in total. The quantitative estimate of drug-likeness (QED) is 0.135. The van der Waals surface area contributed by atoms with Gasteiger partial charge in [0.15, 0.2) is 5.78 Å². The highest BCUT2D eigenvalue weighted by atomic mass is 16.5. The van der Waals surface area contributed by atoms with Gasteiger partial charge < -0.3 is 9.47 Å². The van der Waals surface area contributed by atoms with E-state index in [-0.39, 0.29) is 5.78 Å². The fraction of sp³-hybridized carbons (Fsp3) is 0.360. The van der Waals surface area contributed by atoms with Gasteiger partial charge in [-0.25, -0.2) is 4.79 Å². The molecule has 0 fully saturated rings. The van der Waals surface area contributed by atoms with Gasteiger partial charge in [-0.2, -0.15) is 0 Å². The second kappa shape index (κ2) is 13.3. The highest BCUT2D eigenvalue weighted by Crippen LogP contribution is 2.15. The Morgan fingerprint density at radius 2 is 1.41 bits per heavy atom. The van der Waals surface area contributed by atoms with E-state index in [0.29, 0.717) is 23.5 Å². The van der Waals surface area contributed by atoms with Gasteiger partial charge in [0.25, 0.3) is 0 Å². The molecule has 0 spiro atoms. The summed E-state index contributed by atoms with van der Waals surface area (Å²) in [5.41, 5.74) is 1.23. The zero-order valence-corrected chi connectivity index (χ0v) is 17.1. The first-order chi connectivity index (χ1) is 14.2. The molecular weight excluding hydrogens is 364 g/mol. The highest BCUT2D eigenvalue weighted by molar-refractivity contribution is 6.08. The molecule has 0 saturated carbocycles. The number of rotatable bonds is 13. The maximum Gasteiger partial charge on any atom is 0.333 e. The normalized spacial score (nSPS) is 10.8. The molecule has 29 heavy (non-hydrogen) atoms. The molecule has 0 amide bonds. The summed E-state index contributed by atoms with van der Waals surface area (Å²) in [5, 5.41) is 0. The van der Waals surface area contributed by atoms with Crippen LogP contribution in [0.15, 0.2) is 66.9 Å². The first-order valence-electron chi connectivity index (χ1n) is 10.4. The van der Waals surface area contributed by atoms with Gasteiger partial charge in [-0.3, -0.25) is 4.79 Å². The number of esters is 1. The molecule has 2 aromatic rings. The van der Waals surface area contributed by atoms with Crippen molar-refractivity contribution in [1.82, 2.24) is 0 Å². The first kappa shape index (κ1) is 22.4. The molecule has 2 rings (SSSR count). The summed E-state index contributed by atoms with van der Waals surface area (Å²) in [6.45, 7) is 2.64. The Morgan fingerprint density at radius 1 is 0.793 bits per heavy atom. The van der Waals surface area contributed by atoms with E-state index in [1.807, 2.05) is 18.2 Å². The molecule has 0 unspecified atom stereocenters. The lowest BCUT2D eigenvalue weighted by Gasteiger charge is -2.04. The number of carbonyl (C=O) groups is 2. The van der Waals surface area contributed by atoms with Gasteiger partial charge in [0, 0.05) is 11.1 Å². The smallest absolute Gasteiger partial charge is 0.333 e. The molecule has 0 aliphatic carbocycles. The minimum atomic E-state index is -0.410. The molecule has 0 aliphatic heterocycles. The molecule has 0 radical (unpaired) electrons. The molecule has 0 atom stereocenters. The van der Waals surface area contributed by atoms with Crippen molar-refractivity contribution in [3.05, 3.63) is 78.1 Å². The molecule has 0 aromatic heterocycles. The number of ketones is 1. The minimum absolute atomic E-state index is 0.0402. The summed E-state index contributed by atoms with van der Waals surface area (Å²) in [5.74, 6) is 0.0965. The van der Waals surface area contributed by atoms with Crippen LogP contribution in [0.3, 0.4) is 0 Å². The largest absolute Gasteiger partial charge is 0.465 e. The van der Waals surface area contributed by atoms with E-state index in [1.165, 1.54) is 44.4 Å². The van der Waals surface area contributed by atoms with Crippen molar-refractivity contribution in [1.29, 1.82) is 0 Å². The van der Waals surface area contributed by atoms with Crippen molar-refractivity contribution in [3.63, 3.8) is 0 Å². The number of unbranched alkanes of at least 4 members (excludes halogenated alkanes) is 6. The minimum Gasteiger partial charge on any atom is -0.465 e. The summed E-state index contributed by atoms with van der Waals surface area (Å²) in [7, 11) is 0. The molecule has 0 saturated heterocycles. The lowest BCUT2D eigenvalue weighted by molar-refractivity contribution is -0.137. The summed E-state index contributed by atoms with van der Waals surface area (Å²) in [4.78, 5) is 24.0. The third kappa shape index (κ3) is 8.77. The average molecular weight is 395 g/mol. The van der Waals surface area contributed by atoms with E-state index in [2.05, 4.69) is 6.92 Å². The molecule has 4 heteroatoms. The van der Waals surface area contributed by atoms with Crippen LogP contribution in [-0.2, 0) is 9.53 Å². The predicted molar refractivity (Wildman–Crippen MR) is 115 cm³/mol. The number of hydrogen-bond donors (Lipinski definition) is 0. The van der Waals surface area contributed by atoms with Gasteiger partial charge in [0.05, 0.1) is 18.9 Å². The molecule has 154 valence electrons. The van der Waals surface area contributed by atoms with Crippen LogP contribution in [0.1, 0.15) is 67.8 Å². The Labute approximate surface area is 173 Å². The summed E-state index contributed by atoms with van der Waals surface area (Å²) < 4.78 is 10.6. The van der Waals surface area contributed by atoms with Crippen LogP contribution in [0.5, 0.6) is 5.75 Å².